The molecule has 2 fully saturated rings. The van der Waals surface area contributed by atoms with Crippen LogP contribution in [0.4, 0.5) is 16.0 Å². The minimum Gasteiger partial charge on any atom is -0.497 e. The van der Waals surface area contributed by atoms with Gasteiger partial charge in [0, 0.05) is 54.2 Å². The van der Waals surface area contributed by atoms with Crippen LogP contribution in [0.25, 0.3) is 0 Å². The number of hydrogen-bond acceptors (Lipinski definition) is 10. The normalized spacial score (nSPS) is 19.9. The summed E-state index contributed by atoms with van der Waals surface area (Å²) in [6, 6.07) is 8.96. The van der Waals surface area contributed by atoms with Crippen molar-refractivity contribution in [3.63, 3.8) is 0 Å². The first-order valence-corrected chi connectivity index (χ1v) is 17.6. The Balaban J connectivity index is 1.29. The quantitative estimate of drug-likeness (QED) is 0.203. The average molecular weight is 681 g/mol. The molecule has 0 amide bonds. The molecule has 4 aromatic rings. The second-order valence-electron chi connectivity index (χ2n) is 12.1. The first-order valence-electron chi connectivity index (χ1n) is 16.1. The molecule has 0 radical (unpaired) electrons. The fourth-order valence-corrected chi connectivity index (χ4v) is 8.01. The predicted octanol–water partition coefficient (Wildman–Crippen LogP) is 5.92. The van der Waals surface area contributed by atoms with Gasteiger partial charge in [-0.1, -0.05) is 6.42 Å². The van der Waals surface area contributed by atoms with Crippen LogP contribution in [0.5, 0.6) is 17.2 Å². The third kappa shape index (κ3) is 6.90. The molecular formula is C34H41FN6O6S. The highest BCUT2D eigenvalue weighted by Gasteiger charge is 2.34. The van der Waals surface area contributed by atoms with E-state index in [2.05, 4.69) is 15.1 Å². The van der Waals surface area contributed by atoms with E-state index in [1.807, 2.05) is 10.9 Å². The summed E-state index contributed by atoms with van der Waals surface area (Å²) in [4.78, 5) is 7.59. The SMILES string of the molecule is COc1ccc(CN(c2ccncn2)S(=O)(=O)c2cc(C)c(OC3CCCCC3c3cn(C4CCCCO4)nc3N)cc2F)c(OC)c1. The van der Waals surface area contributed by atoms with Gasteiger partial charge in [-0.25, -0.2) is 31.8 Å². The number of benzene rings is 2. The Morgan fingerprint density at radius 1 is 1.04 bits per heavy atom. The molecule has 0 bridgehead atoms. The van der Waals surface area contributed by atoms with E-state index in [9.17, 15) is 8.42 Å². The number of halogens is 1. The van der Waals surface area contributed by atoms with Crippen molar-refractivity contribution in [2.75, 3.05) is 30.9 Å². The van der Waals surface area contributed by atoms with E-state index < -0.39 is 20.7 Å². The maximum atomic E-state index is 16.0. The molecule has 3 heterocycles. The Morgan fingerprint density at radius 3 is 2.58 bits per heavy atom. The molecule has 3 atom stereocenters. The summed E-state index contributed by atoms with van der Waals surface area (Å²) < 4.78 is 70.5. The molecule has 256 valence electrons. The van der Waals surface area contributed by atoms with Gasteiger partial charge in [0.1, 0.15) is 58.3 Å². The number of aromatic nitrogens is 4. The zero-order valence-corrected chi connectivity index (χ0v) is 28.2. The molecule has 12 nitrogen and oxygen atoms in total. The Bertz CT molecular complexity index is 1830. The molecule has 0 spiro atoms. The molecule has 14 heteroatoms. The lowest BCUT2D eigenvalue weighted by atomic mass is 9.82. The van der Waals surface area contributed by atoms with E-state index in [-0.39, 0.29) is 36.4 Å². The molecule has 48 heavy (non-hydrogen) atoms. The highest BCUT2D eigenvalue weighted by molar-refractivity contribution is 7.92. The Morgan fingerprint density at radius 2 is 1.85 bits per heavy atom. The molecule has 1 aliphatic carbocycles. The lowest BCUT2D eigenvalue weighted by molar-refractivity contribution is -0.0394. The monoisotopic (exact) mass is 680 g/mol. The van der Waals surface area contributed by atoms with Crippen molar-refractivity contribution >= 4 is 21.7 Å². The summed E-state index contributed by atoms with van der Waals surface area (Å²) in [5, 5.41) is 4.57. The van der Waals surface area contributed by atoms with Crippen LogP contribution in [0.15, 0.2) is 60.0 Å². The maximum absolute atomic E-state index is 16.0. The Kier molecular flexibility index (Phi) is 10.0. The summed E-state index contributed by atoms with van der Waals surface area (Å²) in [5.74, 6) is 0.729. The average Bonchev–Trinajstić information content (AvgIpc) is 3.50. The second-order valence-corrected chi connectivity index (χ2v) is 14.0. The van der Waals surface area contributed by atoms with Crippen molar-refractivity contribution in [1.82, 2.24) is 19.7 Å². The van der Waals surface area contributed by atoms with Gasteiger partial charge < -0.3 is 24.7 Å². The van der Waals surface area contributed by atoms with E-state index in [0.717, 1.165) is 60.9 Å². The number of methoxy groups -OCH3 is 2. The largest absolute Gasteiger partial charge is 0.497 e. The van der Waals surface area contributed by atoms with E-state index in [0.29, 0.717) is 35.1 Å². The Labute approximate surface area is 280 Å². The number of sulfonamides is 1. The van der Waals surface area contributed by atoms with Crippen molar-refractivity contribution < 1.29 is 31.8 Å². The number of nitrogens with two attached hydrogens (primary N) is 1. The van der Waals surface area contributed by atoms with Gasteiger partial charge in [0.05, 0.1) is 20.8 Å². The van der Waals surface area contributed by atoms with Crippen molar-refractivity contribution in [2.45, 2.75) is 81.6 Å². The number of anilines is 2. The number of rotatable bonds is 11. The molecule has 2 aliphatic rings. The van der Waals surface area contributed by atoms with Crippen molar-refractivity contribution in [3.8, 4) is 17.2 Å². The predicted molar refractivity (Wildman–Crippen MR) is 177 cm³/mol. The topological polar surface area (TPSA) is 144 Å². The van der Waals surface area contributed by atoms with Crippen LogP contribution < -0.4 is 24.2 Å². The number of ether oxygens (including phenoxy) is 4. The standard InChI is InChI=1S/C34H41FN6O6S/c1-22-16-31(48(42,43)41(32-13-14-37-21-38-32)19-23-11-12-24(44-2)17-30(23)45-3)27(35)18-29(22)47-28-9-5-4-8-25(28)26-20-40(39-34(26)36)33-10-6-7-15-46-33/h11-14,16-18,20-21,25,28,33H,4-10,15,19H2,1-3H3,(H2,36,39). The second kappa shape index (κ2) is 14.4. The van der Waals surface area contributed by atoms with Gasteiger partial charge in [-0.15, -0.1) is 0 Å². The minimum absolute atomic E-state index is 0.0605. The van der Waals surface area contributed by atoms with Gasteiger partial charge in [-0.2, -0.15) is 5.10 Å². The van der Waals surface area contributed by atoms with Crippen LogP contribution >= 0.6 is 0 Å². The van der Waals surface area contributed by atoms with Crippen molar-refractivity contribution in [3.05, 3.63) is 77.6 Å². The summed E-state index contributed by atoms with van der Waals surface area (Å²) in [6.45, 7) is 2.21. The molecule has 3 unspecified atom stereocenters. The van der Waals surface area contributed by atoms with Crippen LogP contribution in [0.1, 0.15) is 73.8 Å². The molecule has 6 rings (SSSR count). The molecule has 1 aliphatic heterocycles. The summed E-state index contributed by atoms with van der Waals surface area (Å²) in [6.07, 6.45) is 10.7. The van der Waals surface area contributed by atoms with Crippen LogP contribution in [0.2, 0.25) is 0 Å². The third-order valence-corrected chi connectivity index (χ3v) is 10.8. The molecule has 2 N–H and O–H groups in total. The fraction of sp³-hybridized carbons (Fsp3) is 0.441. The Hall–Kier alpha value is -4.43. The zero-order chi connectivity index (χ0) is 33.8. The lowest BCUT2D eigenvalue weighted by Gasteiger charge is -2.32. The van der Waals surface area contributed by atoms with Gasteiger partial charge in [0.15, 0.2) is 0 Å². The summed E-state index contributed by atoms with van der Waals surface area (Å²) in [5.41, 5.74) is 8.31. The number of aryl methyl sites for hydroxylation is 1. The van der Waals surface area contributed by atoms with Gasteiger partial charge in [0.25, 0.3) is 10.0 Å². The van der Waals surface area contributed by atoms with Crippen LogP contribution in [0.3, 0.4) is 0 Å². The number of hydrogen-bond donors (Lipinski definition) is 1. The third-order valence-electron chi connectivity index (χ3n) is 9.05. The molecule has 2 aromatic heterocycles. The zero-order valence-electron chi connectivity index (χ0n) is 27.3. The number of nitrogen functional groups attached to an aromatic ring is 1. The lowest BCUT2D eigenvalue weighted by Crippen LogP contribution is -2.32. The fourth-order valence-electron chi connectivity index (χ4n) is 6.48. The molecule has 2 aromatic carbocycles. The highest BCUT2D eigenvalue weighted by atomic mass is 32.2. The van der Waals surface area contributed by atoms with Crippen LogP contribution in [-0.2, 0) is 21.3 Å². The van der Waals surface area contributed by atoms with E-state index in [1.54, 1.807) is 25.1 Å². The summed E-state index contributed by atoms with van der Waals surface area (Å²) in [7, 11) is -1.48. The van der Waals surface area contributed by atoms with Crippen LogP contribution in [0, 0.1) is 12.7 Å². The van der Waals surface area contributed by atoms with E-state index in [4.69, 9.17) is 24.7 Å². The van der Waals surface area contributed by atoms with Gasteiger partial charge >= 0.3 is 0 Å². The van der Waals surface area contributed by atoms with Gasteiger partial charge in [-0.05, 0) is 69.2 Å². The van der Waals surface area contributed by atoms with Gasteiger partial charge in [-0.3, -0.25) is 0 Å². The highest BCUT2D eigenvalue weighted by Crippen LogP contribution is 2.40. The smallest absolute Gasteiger partial charge is 0.268 e. The van der Waals surface area contributed by atoms with Crippen molar-refractivity contribution in [1.29, 1.82) is 0 Å². The number of nitrogens with zero attached hydrogens (tertiary/aromatic N) is 5. The minimum atomic E-state index is -4.48. The molecular weight excluding hydrogens is 639 g/mol. The molecule has 1 saturated carbocycles. The van der Waals surface area contributed by atoms with Crippen molar-refractivity contribution in [2.24, 2.45) is 0 Å². The molecule has 1 saturated heterocycles. The summed E-state index contributed by atoms with van der Waals surface area (Å²) >= 11 is 0. The van der Waals surface area contributed by atoms with E-state index in [1.165, 1.54) is 38.9 Å². The van der Waals surface area contributed by atoms with Gasteiger partial charge in [0.2, 0.25) is 0 Å². The first kappa shape index (κ1) is 33.5. The van der Waals surface area contributed by atoms with E-state index >= 15 is 4.39 Å². The van der Waals surface area contributed by atoms with Crippen LogP contribution in [-0.4, -0.2) is 55.1 Å². The maximum Gasteiger partial charge on any atom is 0.268 e. The first-order chi connectivity index (χ1) is 23.2.